The van der Waals surface area contributed by atoms with Gasteiger partial charge in [-0.05, 0) is 34.7 Å². The van der Waals surface area contributed by atoms with Gasteiger partial charge in [0.15, 0.2) is 0 Å². The summed E-state index contributed by atoms with van der Waals surface area (Å²) in [6.45, 7) is 9.70. The zero-order valence-electron chi connectivity index (χ0n) is 7.81. The van der Waals surface area contributed by atoms with Crippen LogP contribution in [-0.2, 0) is 0 Å². The first-order valence-corrected chi connectivity index (χ1v) is 3.97. The largest absolute Gasteiger partial charge is 0.302 e. The van der Waals surface area contributed by atoms with E-state index in [1.54, 1.807) is 0 Å². The minimum Gasteiger partial charge on any atom is -0.302 e. The number of hydrogen-bond donors (Lipinski definition) is 1. The Morgan fingerprint density at radius 3 is 1.75 bits per heavy atom. The van der Waals surface area contributed by atoms with Crippen molar-refractivity contribution in [3.63, 3.8) is 0 Å². The molecule has 0 spiro atoms. The van der Waals surface area contributed by atoms with Crippen molar-refractivity contribution in [3.8, 4) is 0 Å². The van der Waals surface area contributed by atoms with Gasteiger partial charge in [-0.1, -0.05) is 14.9 Å². The van der Waals surface area contributed by atoms with Crippen LogP contribution in [0, 0.1) is 0 Å². The van der Waals surface area contributed by atoms with Crippen molar-refractivity contribution in [2.75, 3.05) is 13.7 Å². The highest BCUT2D eigenvalue weighted by Crippen LogP contribution is 1.90. The predicted molar refractivity (Wildman–Crippen MR) is 59.5 cm³/mol. The van der Waals surface area contributed by atoms with E-state index in [0.717, 1.165) is 6.67 Å². The van der Waals surface area contributed by atoms with Crippen molar-refractivity contribution in [2.24, 2.45) is 0 Å². The quantitative estimate of drug-likeness (QED) is 0.662. The van der Waals surface area contributed by atoms with Crippen LogP contribution < -0.4 is 5.32 Å². The third-order valence-electron chi connectivity index (χ3n) is 1.63. The van der Waals surface area contributed by atoms with Gasteiger partial charge >= 0.3 is 0 Å². The van der Waals surface area contributed by atoms with E-state index >= 15 is 0 Å². The summed E-state index contributed by atoms with van der Waals surface area (Å²) in [7, 11) is 2.13. The second-order valence-electron chi connectivity index (χ2n) is 3.37. The first kappa shape index (κ1) is 17.9. The van der Waals surface area contributed by atoms with Gasteiger partial charge in [0.25, 0.3) is 0 Å². The fourth-order valence-corrected chi connectivity index (χ4v) is 0.509. The second-order valence-corrected chi connectivity index (χ2v) is 3.37. The number of nitrogens with zero attached hydrogens (tertiary/aromatic N) is 1. The van der Waals surface area contributed by atoms with Crippen LogP contribution in [0.4, 0.5) is 0 Å². The smallest absolute Gasteiger partial charge is 0.0482 e. The molecule has 0 fully saturated rings. The van der Waals surface area contributed by atoms with Crippen LogP contribution in [0.3, 0.4) is 0 Å². The van der Waals surface area contributed by atoms with Crippen LogP contribution in [0.1, 0.15) is 42.5 Å². The van der Waals surface area contributed by atoms with Gasteiger partial charge in [-0.15, -0.1) is 0 Å². The predicted octanol–water partition coefficient (Wildman–Crippen LogP) is 2.55. The van der Waals surface area contributed by atoms with E-state index in [1.807, 2.05) is 0 Å². The highest BCUT2D eigenvalue weighted by atomic mass is 15.2. The number of nitrogens with one attached hydrogen (secondary N) is 1. The molecule has 0 saturated heterocycles. The van der Waals surface area contributed by atoms with Crippen molar-refractivity contribution >= 4 is 0 Å². The molecule has 1 N–H and O–H groups in total. The third-order valence-corrected chi connectivity index (χ3v) is 1.63. The summed E-state index contributed by atoms with van der Waals surface area (Å²) in [5, 5.41) is 3.35. The molecular weight excluding hydrogens is 148 g/mol. The maximum absolute atomic E-state index is 3.35. The summed E-state index contributed by atoms with van der Waals surface area (Å²) in [6.07, 6.45) is 0. The van der Waals surface area contributed by atoms with Gasteiger partial charge in [0.1, 0.15) is 0 Å². The van der Waals surface area contributed by atoms with Crippen LogP contribution in [-0.4, -0.2) is 30.7 Å². The molecule has 0 atom stereocenters. The normalized spacial score (nSPS) is 10.0. The Bertz CT molecular complexity index is 79.9. The van der Waals surface area contributed by atoms with E-state index in [4.69, 9.17) is 0 Å². The molecule has 0 aromatic carbocycles. The first-order chi connectivity index (χ1) is 4.54. The molecule has 0 radical (unpaired) electrons. The summed E-state index contributed by atoms with van der Waals surface area (Å²) in [6, 6.07) is 1.22. The van der Waals surface area contributed by atoms with Crippen LogP contribution in [0.5, 0.6) is 0 Å². The fraction of sp³-hybridized carbons (Fsp3) is 1.00. The minimum atomic E-state index is 0. The lowest BCUT2D eigenvalue weighted by molar-refractivity contribution is 0.244. The van der Waals surface area contributed by atoms with Gasteiger partial charge in [-0.2, -0.15) is 0 Å². The monoisotopic (exact) mass is 176 g/mol. The third kappa shape index (κ3) is 9.92. The Kier molecular flexibility index (Phi) is 13.4. The zero-order valence-corrected chi connectivity index (χ0v) is 7.81. The zero-order chi connectivity index (χ0) is 8.15. The average molecular weight is 176 g/mol. The molecule has 2 heteroatoms. The van der Waals surface area contributed by atoms with E-state index in [1.165, 1.54) is 0 Å². The molecule has 12 heavy (non-hydrogen) atoms. The minimum absolute atomic E-state index is 0. The Balaban J connectivity index is -0.000000405. The Morgan fingerprint density at radius 1 is 1.08 bits per heavy atom. The summed E-state index contributed by atoms with van der Waals surface area (Å²) >= 11 is 0. The Labute approximate surface area is 79.3 Å². The highest BCUT2D eigenvalue weighted by molar-refractivity contribution is 4.57. The SMILES string of the molecule is C.C.CC(C)NCN(C)C(C)C. The van der Waals surface area contributed by atoms with Gasteiger partial charge < -0.3 is 5.32 Å². The molecule has 0 unspecified atom stereocenters. The van der Waals surface area contributed by atoms with Gasteiger partial charge in [-0.3, -0.25) is 4.90 Å². The van der Waals surface area contributed by atoms with Gasteiger partial charge in [-0.25, -0.2) is 0 Å². The van der Waals surface area contributed by atoms with Gasteiger partial charge in [0.2, 0.25) is 0 Å². The number of rotatable bonds is 4. The molecule has 2 nitrogen and oxygen atoms in total. The van der Waals surface area contributed by atoms with E-state index in [-0.39, 0.29) is 14.9 Å². The van der Waals surface area contributed by atoms with Crippen LogP contribution >= 0.6 is 0 Å². The summed E-state index contributed by atoms with van der Waals surface area (Å²) in [5.74, 6) is 0. The topological polar surface area (TPSA) is 15.3 Å². The van der Waals surface area contributed by atoms with Crippen molar-refractivity contribution in [2.45, 2.75) is 54.6 Å². The molecule has 0 aliphatic carbocycles. The fourth-order valence-electron chi connectivity index (χ4n) is 0.509. The molecule has 0 aromatic rings. The van der Waals surface area contributed by atoms with Crippen molar-refractivity contribution in [1.82, 2.24) is 10.2 Å². The molecule has 0 aromatic heterocycles. The molecule has 0 amide bonds. The molecule has 0 aliphatic rings. The van der Waals surface area contributed by atoms with Gasteiger partial charge in [0, 0.05) is 18.8 Å². The Hall–Kier alpha value is -0.0800. The molecule has 0 bridgehead atoms. The van der Waals surface area contributed by atoms with Crippen molar-refractivity contribution in [3.05, 3.63) is 0 Å². The molecular formula is C10H28N2. The van der Waals surface area contributed by atoms with Crippen molar-refractivity contribution in [1.29, 1.82) is 0 Å². The van der Waals surface area contributed by atoms with Crippen LogP contribution in [0.25, 0.3) is 0 Å². The molecule has 0 rings (SSSR count). The lowest BCUT2D eigenvalue weighted by Crippen LogP contribution is -2.38. The maximum Gasteiger partial charge on any atom is 0.0482 e. The summed E-state index contributed by atoms with van der Waals surface area (Å²) in [4.78, 5) is 2.28. The van der Waals surface area contributed by atoms with Gasteiger partial charge in [0.05, 0.1) is 0 Å². The van der Waals surface area contributed by atoms with E-state index in [9.17, 15) is 0 Å². The van der Waals surface area contributed by atoms with E-state index in [0.29, 0.717) is 12.1 Å². The number of hydrogen-bond acceptors (Lipinski definition) is 2. The average Bonchev–Trinajstić information content (AvgIpc) is 1.82. The first-order valence-electron chi connectivity index (χ1n) is 3.97. The summed E-state index contributed by atoms with van der Waals surface area (Å²) < 4.78 is 0. The molecule has 0 saturated carbocycles. The lowest BCUT2D eigenvalue weighted by atomic mass is 10.3. The molecule has 0 aliphatic heterocycles. The van der Waals surface area contributed by atoms with Crippen molar-refractivity contribution < 1.29 is 0 Å². The lowest BCUT2D eigenvalue weighted by Gasteiger charge is -2.22. The van der Waals surface area contributed by atoms with Crippen LogP contribution in [0.2, 0.25) is 0 Å². The summed E-state index contributed by atoms with van der Waals surface area (Å²) in [5.41, 5.74) is 0. The highest BCUT2D eigenvalue weighted by Gasteiger charge is 2.01. The molecule has 78 valence electrons. The molecule has 0 heterocycles. The maximum atomic E-state index is 3.35. The van der Waals surface area contributed by atoms with E-state index < -0.39 is 0 Å². The Morgan fingerprint density at radius 2 is 1.50 bits per heavy atom. The van der Waals surface area contributed by atoms with Crippen LogP contribution in [0.15, 0.2) is 0 Å². The van der Waals surface area contributed by atoms with E-state index in [2.05, 4.69) is 45.0 Å². The standard InChI is InChI=1S/C8H20N2.2CH4/c1-7(2)9-6-10(5)8(3)4;;/h7-9H,6H2,1-5H3;2*1H4. The second kappa shape index (κ2) is 9.01.